The molecule has 0 spiro atoms. The van der Waals surface area contributed by atoms with E-state index >= 15 is 0 Å². The third-order valence-electron chi connectivity index (χ3n) is 7.93. The van der Waals surface area contributed by atoms with Gasteiger partial charge >= 0.3 is 0 Å². The molecule has 10 nitrogen and oxygen atoms in total. The summed E-state index contributed by atoms with van der Waals surface area (Å²) in [6, 6.07) is 10.6. The van der Waals surface area contributed by atoms with E-state index in [4.69, 9.17) is 0 Å². The molecule has 10 heteroatoms. The number of amides is 4. The third kappa shape index (κ3) is 4.82. The van der Waals surface area contributed by atoms with Crippen LogP contribution in [0.3, 0.4) is 0 Å². The first kappa shape index (κ1) is 25.0. The van der Waals surface area contributed by atoms with Crippen molar-refractivity contribution in [1.82, 2.24) is 25.0 Å². The molecule has 0 radical (unpaired) electrons. The van der Waals surface area contributed by atoms with Gasteiger partial charge in [-0.3, -0.25) is 39.1 Å². The molecule has 1 saturated carbocycles. The van der Waals surface area contributed by atoms with Gasteiger partial charge in [-0.1, -0.05) is 6.07 Å². The Balaban J connectivity index is 0.975. The van der Waals surface area contributed by atoms with Gasteiger partial charge in [0.25, 0.3) is 11.8 Å². The molecular formula is C29H30N6O4. The van der Waals surface area contributed by atoms with E-state index in [9.17, 15) is 19.2 Å². The van der Waals surface area contributed by atoms with E-state index < -0.39 is 23.8 Å². The number of piperidine rings is 1. The van der Waals surface area contributed by atoms with Crippen molar-refractivity contribution in [1.29, 1.82) is 0 Å². The van der Waals surface area contributed by atoms with Crippen LogP contribution in [0.4, 0.5) is 5.69 Å². The second-order valence-electron chi connectivity index (χ2n) is 10.6. The molecule has 2 aromatic heterocycles. The van der Waals surface area contributed by atoms with Crippen molar-refractivity contribution < 1.29 is 19.2 Å². The van der Waals surface area contributed by atoms with Crippen molar-refractivity contribution >= 4 is 29.3 Å². The largest absolute Gasteiger partial charge is 0.385 e. The van der Waals surface area contributed by atoms with Crippen LogP contribution in [0.2, 0.25) is 0 Å². The Hall–Kier alpha value is -4.34. The van der Waals surface area contributed by atoms with Crippen LogP contribution in [0, 0.1) is 12.8 Å². The van der Waals surface area contributed by atoms with Crippen molar-refractivity contribution in [2.75, 3.05) is 11.9 Å². The number of pyridine rings is 1. The molecule has 200 valence electrons. The first-order valence-electron chi connectivity index (χ1n) is 13.4. The zero-order valence-corrected chi connectivity index (χ0v) is 21.7. The topological polar surface area (TPSA) is 126 Å². The quantitative estimate of drug-likeness (QED) is 0.340. The number of nitrogens with one attached hydrogen (secondary N) is 2. The fraction of sp³-hybridized carbons (Fsp3) is 0.379. The standard InChI is InChI=1S/C29H30N6O4/c1-17-4-2-6-24(32-17)19-15-31-34(16-19)21-12-18(13-21)5-3-11-30-20-7-8-22-23(14-20)29(39)35(28(22)38)25-9-10-26(36)33-27(25)37/h2,4,6-8,14-16,18,21,25,30H,3,5,9-13H2,1H3,(H,33,36,37). The van der Waals surface area contributed by atoms with Gasteiger partial charge < -0.3 is 5.32 Å². The van der Waals surface area contributed by atoms with Crippen LogP contribution < -0.4 is 10.6 Å². The molecule has 39 heavy (non-hydrogen) atoms. The van der Waals surface area contributed by atoms with E-state index in [1.165, 1.54) is 0 Å². The molecule has 3 aliphatic rings. The number of carbonyl (C=O) groups is 4. The van der Waals surface area contributed by atoms with Crippen molar-refractivity contribution in [3.05, 3.63) is 65.6 Å². The third-order valence-corrected chi connectivity index (χ3v) is 7.93. The van der Waals surface area contributed by atoms with Gasteiger partial charge in [0, 0.05) is 36.1 Å². The molecule has 1 unspecified atom stereocenters. The predicted octanol–water partition coefficient (Wildman–Crippen LogP) is 3.50. The van der Waals surface area contributed by atoms with E-state index in [2.05, 4.69) is 31.6 Å². The highest BCUT2D eigenvalue weighted by Crippen LogP contribution is 2.40. The van der Waals surface area contributed by atoms with E-state index in [0.29, 0.717) is 12.0 Å². The maximum Gasteiger partial charge on any atom is 0.262 e. The first-order valence-corrected chi connectivity index (χ1v) is 13.4. The van der Waals surface area contributed by atoms with Gasteiger partial charge in [0.1, 0.15) is 6.04 Å². The van der Waals surface area contributed by atoms with Crippen molar-refractivity contribution in [3.8, 4) is 11.3 Å². The molecular weight excluding hydrogens is 496 g/mol. The fourth-order valence-corrected chi connectivity index (χ4v) is 5.73. The van der Waals surface area contributed by atoms with Gasteiger partial charge in [-0.15, -0.1) is 0 Å². The van der Waals surface area contributed by atoms with Gasteiger partial charge in [0.15, 0.2) is 0 Å². The number of aromatic nitrogens is 3. The van der Waals surface area contributed by atoms with Crippen LogP contribution in [0.5, 0.6) is 0 Å². The summed E-state index contributed by atoms with van der Waals surface area (Å²) in [5.74, 6) is -1.32. The minimum atomic E-state index is -0.953. The zero-order chi connectivity index (χ0) is 27.1. The number of imide groups is 2. The van der Waals surface area contributed by atoms with Crippen LogP contribution in [0.25, 0.3) is 11.3 Å². The van der Waals surface area contributed by atoms with Gasteiger partial charge in [-0.2, -0.15) is 5.10 Å². The number of rotatable bonds is 8. The van der Waals surface area contributed by atoms with Gasteiger partial charge in [-0.05, 0) is 75.3 Å². The van der Waals surface area contributed by atoms with Crippen LogP contribution in [-0.2, 0) is 9.59 Å². The monoisotopic (exact) mass is 526 g/mol. The lowest BCUT2D eigenvalue weighted by molar-refractivity contribution is -0.136. The Morgan fingerprint density at radius 1 is 1.05 bits per heavy atom. The minimum Gasteiger partial charge on any atom is -0.385 e. The number of hydrogen-bond donors (Lipinski definition) is 2. The Morgan fingerprint density at radius 2 is 1.87 bits per heavy atom. The molecule has 2 N–H and O–H groups in total. The number of benzene rings is 1. The Bertz CT molecular complexity index is 1470. The summed E-state index contributed by atoms with van der Waals surface area (Å²) in [7, 11) is 0. The van der Waals surface area contributed by atoms with Gasteiger partial charge in [0.2, 0.25) is 11.8 Å². The molecule has 1 saturated heterocycles. The number of hydrogen-bond acceptors (Lipinski definition) is 7. The number of aryl methyl sites for hydroxylation is 1. The normalized spacial score (nSPS) is 22.5. The molecule has 4 amide bonds. The number of carbonyl (C=O) groups excluding carboxylic acids is 4. The Labute approximate surface area is 225 Å². The smallest absolute Gasteiger partial charge is 0.262 e. The summed E-state index contributed by atoms with van der Waals surface area (Å²) < 4.78 is 2.06. The summed E-state index contributed by atoms with van der Waals surface area (Å²) in [6.45, 7) is 2.74. The summed E-state index contributed by atoms with van der Waals surface area (Å²) in [5, 5.41) is 10.1. The lowest BCUT2D eigenvalue weighted by atomic mass is 9.77. The zero-order valence-electron chi connectivity index (χ0n) is 21.7. The van der Waals surface area contributed by atoms with Crippen LogP contribution in [0.1, 0.15) is 71.0 Å². The van der Waals surface area contributed by atoms with E-state index in [-0.39, 0.29) is 29.9 Å². The molecule has 1 aromatic carbocycles. The van der Waals surface area contributed by atoms with Crippen molar-refractivity contribution in [2.45, 2.75) is 57.5 Å². The molecule has 2 fully saturated rings. The number of nitrogens with zero attached hydrogens (tertiary/aromatic N) is 4. The van der Waals surface area contributed by atoms with E-state index in [0.717, 1.165) is 59.8 Å². The fourth-order valence-electron chi connectivity index (χ4n) is 5.73. The summed E-state index contributed by atoms with van der Waals surface area (Å²) in [4.78, 5) is 55.1. The predicted molar refractivity (Wildman–Crippen MR) is 143 cm³/mol. The highest BCUT2D eigenvalue weighted by molar-refractivity contribution is 6.23. The first-order chi connectivity index (χ1) is 18.9. The second-order valence-corrected chi connectivity index (χ2v) is 10.6. The maximum absolute atomic E-state index is 13.0. The Morgan fingerprint density at radius 3 is 2.67 bits per heavy atom. The van der Waals surface area contributed by atoms with Crippen molar-refractivity contribution in [3.63, 3.8) is 0 Å². The molecule has 6 rings (SSSR count). The lowest BCUT2D eigenvalue weighted by Crippen LogP contribution is -2.54. The number of anilines is 1. The molecule has 2 aliphatic heterocycles. The van der Waals surface area contributed by atoms with Gasteiger partial charge in [-0.25, -0.2) is 0 Å². The summed E-state index contributed by atoms with van der Waals surface area (Å²) in [5.41, 5.74) is 4.32. The van der Waals surface area contributed by atoms with Crippen molar-refractivity contribution in [2.24, 2.45) is 5.92 Å². The molecule has 0 bridgehead atoms. The maximum atomic E-state index is 13.0. The van der Waals surface area contributed by atoms with E-state index in [1.54, 1.807) is 18.2 Å². The average Bonchev–Trinajstić information content (AvgIpc) is 3.46. The van der Waals surface area contributed by atoms with Crippen LogP contribution in [-0.4, -0.2) is 55.9 Å². The van der Waals surface area contributed by atoms with Gasteiger partial charge in [0.05, 0.1) is 29.1 Å². The average molecular weight is 527 g/mol. The van der Waals surface area contributed by atoms with E-state index in [1.807, 2.05) is 31.3 Å². The molecule has 1 atom stereocenters. The molecule has 4 heterocycles. The van der Waals surface area contributed by atoms with Crippen LogP contribution >= 0.6 is 0 Å². The second kappa shape index (κ2) is 10.1. The number of fused-ring (bicyclic) bond motifs is 1. The summed E-state index contributed by atoms with van der Waals surface area (Å²) in [6.07, 6.45) is 8.52. The Kier molecular flexibility index (Phi) is 6.46. The molecule has 3 aromatic rings. The highest BCUT2D eigenvalue weighted by Gasteiger charge is 2.44. The SMILES string of the molecule is Cc1cccc(-c2cnn(C3CC(CCCNc4ccc5c(c4)C(=O)N(C4CCC(=O)NC4=O)C5=O)C3)c2)n1. The summed E-state index contributed by atoms with van der Waals surface area (Å²) >= 11 is 0. The minimum absolute atomic E-state index is 0.103. The molecule has 1 aliphatic carbocycles. The van der Waals surface area contributed by atoms with Crippen LogP contribution in [0.15, 0.2) is 48.8 Å². The lowest BCUT2D eigenvalue weighted by Gasteiger charge is -2.35. The highest BCUT2D eigenvalue weighted by atomic mass is 16.2.